The van der Waals surface area contributed by atoms with Crippen molar-refractivity contribution in [1.82, 2.24) is 4.98 Å². The number of hydrogen-bond donors (Lipinski definition) is 0. The third-order valence-electron chi connectivity index (χ3n) is 2.08. The Hall–Kier alpha value is -0.790. The molecule has 1 atom stereocenters. The maximum absolute atomic E-state index is 5.17. The molecule has 2 heteroatoms. The minimum atomic E-state index is 0.720. The highest BCUT2D eigenvalue weighted by atomic mass is 16.3. The van der Waals surface area contributed by atoms with Gasteiger partial charge in [-0.1, -0.05) is 33.1 Å². The van der Waals surface area contributed by atoms with Crippen molar-refractivity contribution in [2.45, 2.75) is 39.5 Å². The number of rotatable bonds is 5. The van der Waals surface area contributed by atoms with Gasteiger partial charge in [-0.3, -0.25) is 0 Å². The van der Waals surface area contributed by atoms with Crippen LogP contribution in [0.15, 0.2) is 17.0 Å². The Balaban J connectivity index is 2.22. The summed E-state index contributed by atoms with van der Waals surface area (Å²) >= 11 is 0. The number of nitrogens with zero attached hydrogens (tertiary/aromatic N) is 1. The average molecular weight is 167 g/mol. The van der Waals surface area contributed by atoms with Crippen LogP contribution in [0.1, 0.15) is 38.9 Å². The van der Waals surface area contributed by atoms with Gasteiger partial charge in [0.2, 0.25) is 0 Å². The van der Waals surface area contributed by atoms with Crippen molar-refractivity contribution < 1.29 is 4.42 Å². The van der Waals surface area contributed by atoms with Gasteiger partial charge in [0.15, 0.2) is 6.39 Å². The second-order valence-corrected chi connectivity index (χ2v) is 3.42. The van der Waals surface area contributed by atoms with Crippen molar-refractivity contribution in [2.24, 2.45) is 5.92 Å². The van der Waals surface area contributed by atoms with Gasteiger partial charge >= 0.3 is 0 Å². The molecule has 1 rings (SSSR count). The number of unbranched alkanes of at least 4 members (excludes halogenated alkanes) is 1. The van der Waals surface area contributed by atoms with Gasteiger partial charge < -0.3 is 4.42 Å². The molecule has 0 spiro atoms. The number of aromatic nitrogens is 1. The van der Waals surface area contributed by atoms with Crippen LogP contribution in [-0.2, 0) is 6.42 Å². The summed E-state index contributed by atoms with van der Waals surface area (Å²) in [6.45, 7) is 4.49. The van der Waals surface area contributed by atoms with Crippen molar-refractivity contribution in [3.63, 3.8) is 0 Å². The van der Waals surface area contributed by atoms with E-state index in [1.807, 2.05) is 6.20 Å². The Morgan fingerprint density at radius 1 is 1.58 bits per heavy atom. The van der Waals surface area contributed by atoms with Crippen LogP contribution in [0.25, 0.3) is 0 Å². The summed E-state index contributed by atoms with van der Waals surface area (Å²) in [5.41, 5.74) is 0. The van der Waals surface area contributed by atoms with Crippen LogP contribution in [0.5, 0.6) is 0 Å². The monoisotopic (exact) mass is 167 g/mol. The summed E-state index contributed by atoms with van der Waals surface area (Å²) in [5.74, 6) is 1.73. The zero-order valence-electron chi connectivity index (χ0n) is 7.92. The fraction of sp³-hybridized carbons (Fsp3) is 0.700. The highest BCUT2D eigenvalue weighted by molar-refractivity contribution is 4.89. The molecule has 12 heavy (non-hydrogen) atoms. The van der Waals surface area contributed by atoms with Gasteiger partial charge in [0.1, 0.15) is 5.76 Å². The van der Waals surface area contributed by atoms with Gasteiger partial charge in [-0.15, -0.1) is 0 Å². The van der Waals surface area contributed by atoms with Gasteiger partial charge in [0.25, 0.3) is 0 Å². The van der Waals surface area contributed by atoms with E-state index in [-0.39, 0.29) is 0 Å². The van der Waals surface area contributed by atoms with Gasteiger partial charge in [0, 0.05) is 6.42 Å². The third-order valence-corrected chi connectivity index (χ3v) is 2.08. The van der Waals surface area contributed by atoms with Crippen LogP contribution in [-0.4, -0.2) is 4.98 Å². The molecule has 0 aromatic carbocycles. The molecule has 0 fully saturated rings. The third kappa shape index (κ3) is 3.07. The lowest BCUT2D eigenvalue weighted by molar-refractivity contribution is 0.430. The standard InChI is InChI=1S/C10H17NO/c1-3-4-5-9(2)6-10-7-11-8-12-10/h7-9H,3-6H2,1-2H3. The predicted molar refractivity (Wildman–Crippen MR) is 48.9 cm³/mol. The fourth-order valence-corrected chi connectivity index (χ4v) is 1.34. The quantitative estimate of drug-likeness (QED) is 0.673. The normalized spacial score (nSPS) is 13.2. The maximum atomic E-state index is 5.17. The first-order valence-corrected chi connectivity index (χ1v) is 4.70. The van der Waals surface area contributed by atoms with Crippen molar-refractivity contribution in [3.05, 3.63) is 18.4 Å². The molecule has 0 saturated carbocycles. The molecule has 0 bridgehead atoms. The Morgan fingerprint density at radius 2 is 2.42 bits per heavy atom. The summed E-state index contributed by atoms with van der Waals surface area (Å²) in [4.78, 5) is 3.89. The topological polar surface area (TPSA) is 26.0 Å². The number of hydrogen-bond acceptors (Lipinski definition) is 2. The molecular weight excluding hydrogens is 150 g/mol. The van der Waals surface area contributed by atoms with E-state index in [1.54, 1.807) is 0 Å². The molecule has 0 amide bonds. The molecular formula is C10H17NO. The molecule has 68 valence electrons. The fourth-order valence-electron chi connectivity index (χ4n) is 1.34. The van der Waals surface area contributed by atoms with Crippen LogP contribution < -0.4 is 0 Å². The first kappa shape index (κ1) is 9.30. The van der Waals surface area contributed by atoms with Crippen molar-refractivity contribution in [2.75, 3.05) is 0 Å². The zero-order valence-corrected chi connectivity index (χ0v) is 7.92. The summed E-state index contributed by atoms with van der Waals surface area (Å²) in [7, 11) is 0. The Bertz CT molecular complexity index is 194. The first-order chi connectivity index (χ1) is 5.83. The van der Waals surface area contributed by atoms with Gasteiger partial charge in [-0.05, 0) is 5.92 Å². The van der Waals surface area contributed by atoms with E-state index in [4.69, 9.17) is 4.42 Å². The SMILES string of the molecule is CCCCC(C)Cc1cnco1. The lowest BCUT2D eigenvalue weighted by Gasteiger charge is -2.07. The second kappa shape index (κ2) is 4.96. The van der Waals surface area contributed by atoms with Gasteiger partial charge in [0.05, 0.1) is 6.20 Å². The molecule has 0 aliphatic rings. The van der Waals surface area contributed by atoms with E-state index in [0.717, 1.165) is 18.1 Å². The van der Waals surface area contributed by atoms with E-state index < -0.39 is 0 Å². The second-order valence-electron chi connectivity index (χ2n) is 3.42. The lowest BCUT2D eigenvalue weighted by atomic mass is 10.00. The first-order valence-electron chi connectivity index (χ1n) is 4.70. The van der Waals surface area contributed by atoms with Crippen LogP contribution in [0.3, 0.4) is 0 Å². The number of oxazole rings is 1. The molecule has 0 radical (unpaired) electrons. The molecule has 1 aromatic rings. The molecule has 1 heterocycles. The maximum Gasteiger partial charge on any atom is 0.180 e. The summed E-state index contributed by atoms with van der Waals surface area (Å²) < 4.78 is 5.17. The Morgan fingerprint density at radius 3 is 3.00 bits per heavy atom. The molecule has 0 saturated heterocycles. The van der Waals surface area contributed by atoms with E-state index >= 15 is 0 Å². The van der Waals surface area contributed by atoms with E-state index in [9.17, 15) is 0 Å². The summed E-state index contributed by atoms with van der Waals surface area (Å²) in [6, 6.07) is 0. The summed E-state index contributed by atoms with van der Waals surface area (Å²) in [6.07, 6.45) is 8.22. The predicted octanol–water partition coefficient (Wildman–Crippen LogP) is 3.04. The van der Waals surface area contributed by atoms with Crippen molar-refractivity contribution >= 4 is 0 Å². The van der Waals surface area contributed by atoms with Gasteiger partial charge in [-0.2, -0.15) is 0 Å². The minimum Gasteiger partial charge on any atom is -0.449 e. The highest BCUT2D eigenvalue weighted by Gasteiger charge is 2.04. The van der Waals surface area contributed by atoms with E-state index in [0.29, 0.717) is 0 Å². The molecule has 2 nitrogen and oxygen atoms in total. The molecule has 1 unspecified atom stereocenters. The van der Waals surface area contributed by atoms with Gasteiger partial charge in [-0.25, -0.2) is 4.98 Å². The largest absolute Gasteiger partial charge is 0.449 e. The van der Waals surface area contributed by atoms with Crippen LogP contribution in [0.4, 0.5) is 0 Å². The van der Waals surface area contributed by atoms with Crippen LogP contribution >= 0.6 is 0 Å². The van der Waals surface area contributed by atoms with Crippen LogP contribution in [0, 0.1) is 5.92 Å². The average Bonchev–Trinajstić information content (AvgIpc) is 2.53. The summed E-state index contributed by atoms with van der Waals surface area (Å²) in [5, 5.41) is 0. The zero-order chi connectivity index (χ0) is 8.81. The molecule has 0 aliphatic carbocycles. The minimum absolute atomic E-state index is 0.720. The highest BCUT2D eigenvalue weighted by Crippen LogP contribution is 2.13. The lowest BCUT2D eigenvalue weighted by Crippen LogP contribution is -1.98. The molecule has 1 aromatic heterocycles. The van der Waals surface area contributed by atoms with Crippen molar-refractivity contribution in [1.29, 1.82) is 0 Å². The molecule has 0 aliphatic heterocycles. The van der Waals surface area contributed by atoms with Crippen molar-refractivity contribution in [3.8, 4) is 0 Å². The Kier molecular flexibility index (Phi) is 3.85. The van der Waals surface area contributed by atoms with Crippen LogP contribution in [0.2, 0.25) is 0 Å². The van der Waals surface area contributed by atoms with E-state index in [2.05, 4.69) is 18.8 Å². The smallest absolute Gasteiger partial charge is 0.180 e. The van der Waals surface area contributed by atoms with E-state index in [1.165, 1.54) is 25.7 Å². The Labute approximate surface area is 74.0 Å². The molecule has 0 N–H and O–H groups in total.